The molecule has 4 aromatic rings. The van der Waals surface area contributed by atoms with E-state index in [1.54, 1.807) is 12.2 Å². The summed E-state index contributed by atoms with van der Waals surface area (Å²) >= 11 is 0. The molecule has 6 N–H and O–H groups in total. The van der Waals surface area contributed by atoms with E-state index in [-0.39, 0.29) is 24.4 Å². The summed E-state index contributed by atoms with van der Waals surface area (Å²) in [6.07, 6.45) is -3.18. The van der Waals surface area contributed by atoms with E-state index in [0.29, 0.717) is 22.7 Å². The van der Waals surface area contributed by atoms with Gasteiger partial charge in [-0.2, -0.15) is 0 Å². The van der Waals surface area contributed by atoms with Crippen LogP contribution in [0.5, 0.6) is 0 Å². The van der Waals surface area contributed by atoms with Crippen molar-refractivity contribution in [2.24, 2.45) is 0 Å². The fraction of sp³-hybridized carbons (Fsp3) is 0.500. The number of alkyl halides is 2. The molecule has 24 heteroatoms. The van der Waals surface area contributed by atoms with Crippen molar-refractivity contribution in [2.75, 3.05) is 36.9 Å². The Kier molecular flexibility index (Phi) is 10.5. The van der Waals surface area contributed by atoms with Gasteiger partial charge in [-0.05, 0) is 0 Å². The van der Waals surface area contributed by atoms with Crippen LogP contribution in [0.3, 0.4) is 0 Å². The number of hydrogen-bond donors (Lipinski definition) is 6. The summed E-state index contributed by atoms with van der Waals surface area (Å²) in [5.74, 6) is 0.667. The molecular weight excluding hydrogens is 688 g/mol. The number of aliphatic hydroxyl groups is 2. The SMILES string of the molecule is O=[P+](O)O[C@@H]1[C@@H](CO)OC(n2cnc3c(NC/C=C/CNc4ncnc5c4ncn5[C@@H]4OC(CO)[C@@H](O[P+](=O)O)[C@H]4F)ncnc32)[C@@H]1F. The summed E-state index contributed by atoms with van der Waals surface area (Å²) in [7, 11) is -6.27. The average molecular weight is 716 g/mol. The second-order valence-electron chi connectivity index (χ2n) is 10.3. The highest BCUT2D eigenvalue weighted by atomic mass is 31.1. The van der Waals surface area contributed by atoms with Gasteiger partial charge in [0.1, 0.15) is 24.9 Å². The number of anilines is 2. The number of aromatic nitrogens is 8. The molecule has 0 spiro atoms. The zero-order chi connectivity index (χ0) is 33.9. The Morgan fingerprint density at radius 3 is 1.54 bits per heavy atom. The van der Waals surface area contributed by atoms with Crippen LogP contribution >= 0.6 is 16.5 Å². The highest BCUT2D eigenvalue weighted by Gasteiger charge is 2.52. The largest absolute Gasteiger partial charge is 0.695 e. The summed E-state index contributed by atoms with van der Waals surface area (Å²) in [6.45, 7) is -0.699. The zero-order valence-corrected chi connectivity index (χ0v) is 26.2. The second kappa shape index (κ2) is 14.7. The number of nitrogens with one attached hydrogen (secondary N) is 2. The maximum Gasteiger partial charge on any atom is 0.695 e. The first-order valence-electron chi connectivity index (χ1n) is 14.2. The average Bonchev–Trinajstić information content (AvgIpc) is 3.83. The molecule has 256 valence electrons. The fourth-order valence-electron chi connectivity index (χ4n) is 5.40. The van der Waals surface area contributed by atoms with Crippen molar-refractivity contribution in [3.05, 3.63) is 37.5 Å². The summed E-state index contributed by atoms with van der Waals surface area (Å²) in [4.78, 5) is 43.4. The number of rotatable bonds is 14. The van der Waals surface area contributed by atoms with Gasteiger partial charge in [0.15, 0.2) is 71.0 Å². The van der Waals surface area contributed by atoms with Crippen molar-refractivity contribution in [3.8, 4) is 0 Å². The van der Waals surface area contributed by atoms with E-state index in [1.165, 1.54) is 34.4 Å². The van der Waals surface area contributed by atoms with Gasteiger partial charge in [-0.15, -0.1) is 18.8 Å². The molecular formula is C24H28F2N10O10P2+2. The molecule has 0 radical (unpaired) electrons. The van der Waals surface area contributed by atoms with E-state index >= 15 is 8.78 Å². The van der Waals surface area contributed by atoms with Crippen molar-refractivity contribution < 1.29 is 56.4 Å². The van der Waals surface area contributed by atoms with Crippen molar-refractivity contribution >= 4 is 50.5 Å². The quantitative estimate of drug-likeness (QED) is 0.0769. The molecule has 2 fully saturated rings. The molecule has 0 aliphatic carbocycles. The van der Waals surface area contributed by atoms with E-state index in [1.807, 2.05) is 0 Å². The molecule has 0 bridgehead atoms. The minimum atomic E-state index is -3.13. The number of hydrogen-bond acceptors (Lipinski definition) is 16. The van der Waals surface area contributed by atoms with Crippen LogP contribution in [0.4, 0.5) is 20.4 Å². The smallest absolute Gasteiger partial charge is 0.394 e. The lowest BCUT2D eigenvalue weighted by molar-refractivity contribution is -0.0436. The predicted octanol–water partition coefficient (Wildman–Crippen LogP) is 0.572. The third-order valence-electron chi connectivity index (χ3n) is 7.52. The van der Waals surface area contributed by atoms with Crippen molar-refractivity contribution in [1.82, 2.24) is 39.0 Å². The van der Waals surface area contributed by atoms with Crippen molar-refractivity contribution in [2.45, 2.75) is 49.2 Å². The van der Waals surface area contributed by atoms with E-state index in [2.05, 4.69) is 40.5 Å². The van der Waals surface area contributed by atoms with Crippen LogP contribution in [-0.2, 0) is 27.7 Å². The van der Waals surface area contributed by atoms with Gasteiger partial charge in [-0.1, -0.05) is 12.2 Å². The Balaban J connectivity index is 1.07. The molecule has 10 atom stereocenters. The van der Waals surface area contributed by atoms with Gasteiger partial charge in [0.05, 0.1) is 25.9 Å². The highest BCUT2D eigenvalue weighted by Crippen LogP contribution is 2.40. The van der Waals surface area contributed by atoms with Gasteiger partial charge in [0, 0.05) is 22.2 Å². The third kappa shape index (κ3) is 6.72. The van der Waals surface area contributed by atoms with Crippen LogP contribution < -0.4 is 10.6 Å². The monoisotopic (exact) mass is 716 g/mol. The maximum atomic E-state index is 15.2. The van der Waals surface area contributed by atoms with Crippen molar-refractivity contribution in [1.29, 1.82) is 0 Å². The predicted molar refractivity (Wildman–Crippen MR) is 158 cm³/mol. The maximum absolute atomic E-state index is 15.2. The minimum absolute atomic E-state index is 0.213. The molecule has 2 saturated heterocycles. The van der Waals surface area contributed by atoms with Crippen LogP contribution in [0.2, 0.25) is 0 Å². The lowest BCUT2D eigenvalue weighted by Crippen LogP contribution is -2.32. The van der Waals surface area contributed by atoms with Crippen LogP contribution in [0.1, 0.15) is 12.5 Å². The van der Waals surface area contributed by atoms with Crippen molar-refractivity contribution in [3.63, 3.8) is 0 Å². The van der Waals surface area contributed by atoms with E-state index < -0.39 is 78.9 Å². The van der Waals surface area contributed by atoms with E-state index in [0.717, 1.165) is 0 Å². The fourth-order valence-corrected chi connectivity index (χ4v) is 6.32. The number of imidazole rings is 2. The Labute approximate surface area is 269 Å². The molecule has 2 aliphatic heterocycles. The number of halogens is 2. The number of nitrogens with zero attached hydrogens (tertiary/aromatic N) is 8. The lowest BCUT2D eigenvalue weighted by atomic mass is 10.1. The molecule has 6 rings (SSSR count). The molecule has 4 unspecified atom stereocenters. The number of aliphatic hydroxyl groups excluding tert-OH is 2. The standard InChI is InChI=1S/C24H26F2N10O10P2/c25-13-17(45-47(39)40)11(5-37)43-23(13)35-9-33-15-19(29-7-31-21(15)35)27-3-1-2-4-28-20-16-22(32-8-30-20)36(10-34-16)24-14(26)18(46-48(41)42)12(6-38)44-24/h1-2,7-14,17-18,23-24,37-38H,3-6H2,(H2-2,27,28,29,30,31,32,39,40,41,42)/p+2/b2-1+/t11-,12?,13-,14-,17-,18-,23?,24-/m1/s1. The van der Waals surface area contributed by atoms with Gasteiger partial charge in [0.25, 0.3) is 0 Å². The van der Waals surface area contributed by atoms with Crippen LogP contribution in [0.15, 0.2) is 37.5 Å². The normalized spacial score (nSPS) is 28.1. The molecule has 20 nitrogen and oxygen atoms in total. The Bertz CT molecular complexity index is 1690. The molecule has 6 heterocycles. The van der Waals surface area contributed by atoms with E-state index in [4.69, 9.17) is 28.3 Å². The van der Waals surface area contributed by atoms with Crippen LogP contribution in [0, 0.1) is 0 Å². The molecule has 0 saturated carbocycles. The van der Waals surface area contributed by atoms with E-state index in [9.17, 15) is 19.3 Å². The van der Waals surface area contributed by atoms with Gasteiger partial charge < -0.3 is 30.3 Å². The summed E-state index contributed by atoms with van der Waals surface area (Å²) in [5, 5.41) is 25.2. The minimum Gasteiger partial charge on any atom is -0.394 e. The molecule has 4 aromatic heterocycles. The summed E-state index contributed by atoms with van der Waals surface area (Å²) < 4.78 is 75.7. The molecule has 0 aromatic carbocycles. The third-order valence-corrected chi connectivity index (χ3v) is 8.37. The second-order valence-corrected chi connectivity index (χ2v) is 11.7. The number of fused-ring (bicyclic) bond motifs is 2. The van der Waals surface area contributed by atoms with Crippen LogP contribution in [0.25, 0.3) is 22.3 Å². The number of ether oxygens (including phenoxy) is 2. The lowest BCUT2D eigenvalue weighted by Gasteiger charge is -2.15. The Hall–Kier alpha value is -3.82. The Morgan fingerprint density at radius 2 is 1.17 bits per heavy atom. The first kappa shape index (κ1) is 34.1. The zero-order valence-electron chi connectivity index (χ0n) is 24.4. The molecule has 0 amide bonds. The summed E-state index contributed by atoms with van der Waals surface area (Å²) in [5.41, 5.74) is 1.02. The van der Waals surface area contributed by atoms with Gasteiger partial charge in [-0.3, -0.25) is 9.13 Å². The van der Waals surface area contributed by atoms with Gasteiger partial charge in [-0.25, -0.2) is 38.7 Å². The van der Waals surface area contributed by atoms with Gasteiger partial charge in [0.2, 0.25) is 0 Å². The van der Waals surface area contributed by atoms with Gasteiger partial charge >= 0.3 is 16.5 Å². The molecule has 48 heavy (non-hydrogen) atoms. The summed E-state index contributed by atoms with van der Waals surface area (Å²) in [6, 6.07) is 0. The highest BCUT2D eigenvalue weighted by molar-refractivity contribution is 7.32. The first-order chi connectivity index (χ1) is 23.2. The first-order valence-corrected chi connectivity index (χ1v) is 16.4. The molecule has 2 aliphatic rings. The van der Waals surface area contributed by atoms with Crippen LogP contribution in [-0.4, -0.2) is 122 Å². The topological polar surface area (TPSA) is 263 Å². The Morgan fingerprint density at radius 1 is 0.750 bits per heavy atom.